The van der Waals surface area contributed by atoms with Crippen LogP contribution in [-0.2, 0) is 6.18 Å². The Morgan fingerprint density at radius 1 is 1.07 bits per heavy atom. The summed E-state index contributed by atoms with van der Waals surface area (Å²) in [6.45, 7) is 1.74. The Morgan fingerprint density at radius 3 is 2.52 bits per heavy atom. The Morgan fingerprint density at radius 2 is 1.83 bits per heavy atom. The number of aryl methyl sites for hydroxylation is 1. The number of aromatic nitrogens is 2. The van der Waals surface area contributed by atoms with E-state index in [2.05, 4.69) is 25.9 Å². The number of nitrogens with one attached hydrogen (secondary N) is 3. The zero-order valence-corrected chi connectivity index (χ0v) is 15.4. The van der Waals surface area contributed by atoms with E-state index in [1.807, 2.05) is 0 Å². The molecular weight excluding hydrogens is 387 g/mol. The number of nitrogens with zero attached hydrogens (tertiary/aromatic N) is 2. The van der Waals surface area contributed by atoms with E-state index < -0.39 is 29.2 Å². The minimum Gasteiger partial charge on any atom is -0.341 e. The Hall–Kier alpha value is -3.69. The summed E-state index contributed by atoms with van der Waals surface area (Å²) in [5, 5.41) is 8.10. The summed E-state index contributed by atoms with van der Waals surface area (Å²) < 4.78 is 39.6. The number of halogens is 3. The van der Waals surface area contributed by atoms with Gasteiger partial charge in [0, 0.05) is 31.0 Å². The van der Waals surface area contributed by atoms with Gasteiger partial charge in [0.2, 0.25) is 0 Å². The number of amides is 3. The van der Waals surface area contributed by atoms with Gasteiger partial charge in [-0.25, -0.2) is 4.79 Å². The van der Waals surface area contributed by atoms with E-state index in [0.29, 0.717) is 22.2 Å². The highest BCUT2D eigenvalue weighted by atomic mass is 19.4. The highest BCUT2D eigenvalue weighted by Gasteiger charge is 2.35. The molecule has 2 heterocycles. The van der Waals surface area contributed by atoms with E-state index in [9.17, 15) is 22.8 Å². The Labute approximate surface area is 163 Å². The lowest BCUT2D eigenvalue weighted by Crippen LogP contribution is -2.25. The van der Waals surface area contributed by atoms with Gasteiger partial charge < -0.3 is 16.0 Å². The number of alkyl halides is 3. The number of carbonyl (C=O) groups excluding carboxylic acids is 2. The van der Waals surface area contributed by atoms with Gasteiger partial charge >= 0.3 is 12.2 Å². The zero-order valence-electron chi connectivity index (χ0n) is 15.4. The van der Waals surface area contributed by atoms with E-state index in [-0.39, 0.29) is 5.69 Å². The first-order valence-corrected chi connectivity index (χ1v) is 8.42. The number of anilines is 2. The van der Waals surface area contributed by atoms with Crippen LogP contribution >= 0.6 is 0 Å². The zero-order chi connectivity index (χ0) is 21.2. The average molecular weight is 403 g/mol. The van der Waals surface area contributed by atoms with Crippen molar-refractivity contribution in [2.24, 2.45) is 0 Å². The molecule has 3 aromatic rings. The van der Waals surface area contributed by atoms with Gasteiger partial charge in [-0.3, -0.25) is 14.8 Å². The van der Waals surface area contributed by atoms with Gasteiger partial charge in [0.15, 0.2) is 0 Å². The van der Waals surface area contributed by atoms with Crippen LogP contribution in [0.3, 0.4) is 0 Å². The smallest absolute Gasteiger partial charge is 0.341 e. The van der Waals surface area contributed by atoms with Crippen LogP contribution in [0.25, 0.3) is 10.9 Å². The van der Waals surface area contributed by atoms with Crippen molar-refractivity contribution >= 4 is 34.2 Å². The van der Waals surface area contributed by atoms with Crippen molar-refractivity contribution in [3.8, 4) is 0 Å². The molecule has 0 radical (unpaired) electrons. The maximum Gasteiger partial charge on any atom is 0.417 e. The van der Waals surface area contributed by atoms with Crippen molar-refractivity contribution in [2.45, 2.75) is 13.1 Å². The van der Waals surface area contributed by atoms with E-state index in [0.717, 1.165) is 18.5 Å². The Balaban J connectivity index is 2.03. The minimum absolute atomic E-state index is 0.199. The van der Waals surface area contributed by atoms with Crippen LogP contribution in [0.2, 0.25) is 0 Å². The molecule has 0 bridgehead atoms. The first-order chi connectivity index (χ1) is 13.7. The van der Waals surface area contributed by atoms with Crippen molar-refractivity contribution in [3.63, 3.8) is 0 Å². The van der Waals surface area contributed by atoms with E-state index in [1.54, 1.807) is 19.1 Å². The Kier molecular flexibility index (Phi) is 5.35. The van der Waals surface area contributed by atoms with Crippen LogP contribution in [0.4, 0.5) is 29.3 Å². The van der Waals surface area contributed by atoms with Gasteiger partial charge in [0.25, 0.3) is 5.91 Å². The fourth-order valence-electron chi connectivity index (χ4n) is 2.78. The number of hydrogen-bond acceptors (Lipinski definition) is 4. The third kappa shape index (κ3) is 4.10. The SMILES string of the molecule is CNC(=O)Nc1c(C)cnc2c(NC(=O)c3cnccc3C(F)(F)F)cccc12. The second kappa shape index (κ2) is 7.74. The molecule has 0 aliphatic carbocycles. The second-order valence-corrected chi connectivity index (χ2v) is 6.10. The lowest BCUT2D eigenvalue weighted by atomic mass is 10.1. The topological polar surface area (TPSA) is 96.0 Å². The summed E-state index contributed by atoms with van der Waals surface area (Å²) in [6, 6.07) is 5.09. The molecule has 7 nitrogen and oxygen atoms in total. The number of carbonyl (C=O) groups is 2. The third-order valence-corrected chi connectivity index (χ3v) is 4.17. The lowest BCUT2D eigenvalue weighted by molar-refractivity contribution is -0.138. The predicted molar refractivity (Wildman–Crippen MR) is 102 cm³/mol. The number of rotatable bonds is 3. The molecule has 0 saturated carbocycles. The van der Waals surface area contributed by atoms with Crippen LogP contribution in [0.1, 0.15) is 21.5 Å². The molecular formula is C19H16F3N5O2. The van der Waals surface area contributed by atoms with Crippen LogP contribution in [0.5, 0.6) is 0 Å². The Bertz CT molecular complexity index is 1100. The molecule has 3 rings (SSSR count). The number of fused-ring (bicyclic) bond motifs is 1. The lowest BCUT2D eigenvalue weighted by Gasteiger charge is -2.15. The van der Waals surface area contributed by atoms with E-state index >= 15 is 0 Å². The summed E-state index contributed by atoms with van der Waals surface area (Å²) in [7, 11) is 1.46. The molecule has 0 aliphatic heterocycles. The summed E-state index contributed by atoms with van der Waals surface area (Å²) in [5.74, 6) is -0.971. The van der Waals surface area contributed by atoms with Crippen LogP contribution in [0, 0.1) is 6.92 Å². The highest BCUT2D eigenvalue weighted by Crippen LogP contribution is 2.33. The van der Waals surface area contributed by atoms with Crippen molar-refractivity contribution < 1.29 is 22.8 Å². The normalized spacial score (nSPS) is 11.2. The quantitative estimate of drug-likeness (QED) is 0.617. The molecule has 0 atom stereocenters. The van der Waals surface area contributed by atoms with Gasteiger partial charge in [-0.2, -0.15) is 13.2 Å². The molecule has 3 amide bonds. The highest BCUT2D eigenvalue weighted by molar-refractivity contribution is 6.11. The first kappa shape index (κ1) is 20.1. The number of urea groups is 1. The van der Waals surface area contributed by atoms with Crippen molar-refractivity contribution in [2.75, 3.05) is 17.7 Å². The molecule has 0 unspecified atom stereocenters. The van der Waals surface area contributed by atoms with Crippen molar-refractivity contribution in [1.29, 1.82) is 0 Å². The molecule has 150 valence electrons. The van der Waals surface area contributed by atoms with Crippen LogP contribution in [0.15, 0.2) is 42.9 Å². The first-order valence-electron chi connectivity index (χ1n) is 8.42. The molecule has 29 heavy (non-hydrogen) atoms. The summed E-state index contributed by atoms with van der Waals surface area (Å²) >= 11 is 0. The molecule has 10 heteroatoms. The molecule has 0 aliphatic rings. The second-order valence-electron chi connectivity index (χ2n) is 6.10. The molecule has 3 N–H and O–H groups in total. The van der Waals surface area contributed by atoms with Crippen LogP contribution in [-0.4, -0.2) is 29.0 Å². The summed E-state index contributed by atoms with van der Waals surface area (Å²) in [5.41, 5.74) is -0.0254. The number of pyridine rings is 2. The fourth-order valence-corrected chi connectivity index (χ4v) is 2.78. The summed E-state index contributed by atoms with van der Waals surface area (Å²) in [4.78, 5) is 32.2. The van der Waals surface area contributed by atoms with Gasteiger partial charge in [-0.05, 0) is 24.6 Å². The molecule has 0 fully saturated rings. The average Bonchev–Trinajstić information content (AvgIpc) is 2.69. The number of benzene rings is 1. The standard InChI is InChI=1S/C19H16F3N5O2/c1-10-8-25-16-11(15(10)27-18(29)23-2)4-3-5-14(16)26-17(28)12-9-24-7-6-13(12)19(20,21)22/h3-9H,1-2H3,(H,26,28)(H2,23,25,27,29). The minimum atomic E-state index is -4.70. The largest absolute Gasteiger partial charge is 0.417 e. The monoisotopic (exact) mass is 403 g/mol. The fraction of sp³-hybridized carbons (Fsp3) is 0.158. The van der Waals surface area contributed by atoms with Gasteiger partial charge in [-0.15, -0.1) is 0 Å². The number of para-hydroxylation sites is 1. The van der Waals surface area contributed by atoms with Crippen molar-refractivity contribution in [3.05, 3.63) is 59.5 Å². The number of hydrogen-bond donors (Lipinski definition) is 3. The third-order valence-electron chi connectivity index (χ3n) is 4.17. The molecule has 0 spiro atoms. The van der Waals surface area contributed by atoms with Gasteiger partial charge in [0.05, 0.1) is 28.0 Å². The van der Waals surface area contributed by atoms with Crippen molar-refractivity contribution in [1.82, 2.24) is 15.3 Å². The molecule has 2 aromatic heterocycles. The van der Waals surface area contributed by atoms with Gasteiger partial charge in [0.1, 0.15) is 0 Å². The summed E-state index contributed by atoms with van der Waals surface area (Å²) in [6.07, 6.45) is -1.37. The van der Waals surface area contributed by atoms with E-state index in [4.69, 9.17) is 0 Å². The molecule has 1 aromatic carbocycles. The van der Waals surface area contributed by atoms with E-state index in [1.165, 1.54) is 19.3 Å². The predicted octanol–water partition coefficient (Wildman–Crippen LogP) is 3.96. The maximum atomic E-state index is 13.2. The van der Waals surface area contributed by atoms with Gasteiger partial charge in [-0.1, -0.05) is 12.1 Å². The van der Waals surface area contributed by atoms with Crippen LogP contribution < -0.4 is 16.0 Å². The molecule has 0 saturated heterocycles. The maximum absolute atomic E-state index is 13.2.